The molecule has 43 heavy (non-hydrogen) atoms. The van der Waals surface area contributed by atoms with E-state index in [0.717, 1.165) is 66.0 Å². The van der Waals surface area contributed by atoms with Gasteiger partial charge in [-0.15, -0.1) is 0 Å². The number of hydrogen-bond acceptors (Lipinski definition) is 10. The van der Waals surface area contributed by atoms with Gasteiger partial charge >= 0.3 is 0 Å². The monoisotopic (exact) mass is 582 g/mol. The first kappa shape index (κ1) is 28.6. The fourth-order valence-electron chi connectivity index (χ4n) is 5.37. The Bertz CT molecular complexity index is 1450. The third-order valence-corrected chi connectivity index (χ3v) is 7.71. The second-order valence-electron chi connectivity index (χ2n) is 10.4. The minimum Gasteiger partial charge on any atom is -0.497 e. The van der Waals surface area contributed by atoms with Gasteiger partial charge in [-0.3, -0.25) is 0 Å². The van der Waals surface area contributed by atoms with Gasteiger partial charge < -0.3 is 39.0 Å². The fraction of sp³-hybridized carbons (Fsp3) is 0.333. The number of para-hydroxylation sites is 2. The van der Waals surface area contributed by atoms with E-state index in [2.05, 4.69) is 50.3 Å². The van der Waals surface area contributed by atoms with E-state index in [1.54, 1.807) is 20.4 Å². The predicted octanol–water partition coefficient (Wildman–Crippen LogP) is 5.25. The van der Waals surface area contributed by atoms with Crippen LogP contribution in [0.4, 0.5) is 34.5 Å². The van der Waals surface area contributed by atoms with Gasteiger partial charge in [-0.25, -0.2) is 4.98 Å². The molecule has 4 aromatic rings. The second kappa shape index (κ2) is 13.6. The highest BCUT2D eigenvalue weighted by molar-refractivity contribution is 5.73. The summed E-state index contributed by atoms with van der Waals surface area (Å²) in [6, 6.07) is 24.6. The summed E-state index contributed by atoms with van der Waals surface area (Å²) < 4.78 is 22.3. The average molecular weight is 583 g/mol. The number of methoxy groups -OCH3 is 2. The van der Waals surface area contributed by atoms with Gasteiger partial charge in [0.1, 0.15) is 17.3 Å². The zero-order valence-electron chi connectivity index (χ0n) is 24.7. The van der Waals surface area contributed by atoms with Crippen LogP contribution in [-0.2, 0) is 16.0 Å². The van der Waals surface area contributed by atoms with E-state index in [-0.39, 0.29) is 0 Å². The Morgan fingerprint density at radius 3 is 2.07 bits per heavy atom. The molecule has 1 aromatic heterocycles. The van der Waals surface area contributed by atoms with E-state index >= 15 is 0 Å². The SMILES string of the molecule is COc1ccc(CN(c2cc(N3CCOCC3)cc(N3CCOCC3)c2)c2nccc(Nc3ccccc3OC)n2)cc1. The fourth-order valence-corrected chi connectivity index (χ4v) is 5.37. The Kier molecular flexibility index (Phi) is 9.05. The number of ether oxygens (including phenoxy) is 4. The molecule has 10 heteroatoms. The van der Waals surface area contributed by atoms with Crippen LogP contribution in [0, 0.1) is 0 Å². The summed E-state index contributed by atoms with van der Waals surface area (Å²) in [4.78, 5) is 16.7. The molecule has 0 bridgehead atoms. The number of rotatable bonds is 10. The van der Waals surface area contributed by atoms with E-state index in [1.165, 1.54) is 0 Å². The minimum absolute atomic E-state index is 0.567. The third-order valence-electron chi connectivity index (χ3n) is 7.71. The number of benzene rings is 3. The van der Waals surface area contributed by atoms with Gasteiger partial charge in [0.2, 0.25) is 5.95 Å². The van der Waals surface area contributed by atoms with Crippen LogP contribution in [0.1, 0.15) is 5.56 Å². The molecule has 1 N–H and O–H groups in total. The molecule has 6 rings (SSSR count). The van der Waals surface area contributed by atoms with Crippen LogP contribution in [0.5, 0.6) is 11.5 Å². The quantitative estimate of drug-likeness (QED) is 0.268. The molecule has 0 amide bonds. The molecule has 3 aromatic carbocycles. The van der Waals surface area contributed by atoms with Gasteiger partial charge in [0.05, 0.1) is 52.9 Å². The van der Waals surface area contributed by atoms with Gasteiger partial charge in [0.25, 0.3) is 0 Å². The van der Waals surface area contributed by atoms with E-state index in [1.807, 2.05) is 42.5 Å². The van der Waals surface area contributed by atoms with Crippen LogP contribution >= 0.6 is 0 Å². The summed E-state index contributed by atoms with van der Waals surface area (Å²) in [5.74, 6) is 2.82. The number of aromatic nitrogens is 2. The molecule has 2 fully saturated rings. The zero-order chi connectivity index (χ0) is 29.4. The van der Waals surface area contributed by atoms with Crippen molar-refractivity contribution in [2.45, 2.75) is 6.54 Å². The highest BCUT2D eigenvalue weighted by atomic mass is 16.5. The van der Waals surface area contributed by atoms with Crippen LogP contribution in [0.3, 0.4) is 0 Å². The van der Waals surface area contributed by atoms with Crippen molar-refractivity contribution in [3.63, 3.8) is 0 Å². The predicted molar refractivity (Wildman–Crippen MR) is 170 cm³/mol. The van der Waals surface area contributed by atoms with Crippen LogP contribution in [0.2, 0.25) is 0 Å². The molecule has 2 aliphatic rings. The molecular weight excluding hydrogens is 544 g/mol. The van der Waals surface area contributed by atoms with Crippen LogP contribution < -0.4 is 29.5 Å². The lowest BCUT2D eigenvalue weighted by Crippen LogP contribution is -2.38. The molecular formula is C33H38N6O4. The molecule has 0 unspecified atom stereocenters. The first-order valence-corrected chi connectivity index (χ1v) is 14.6. The molecule has 2 aliphatic heterocycles. The molecule has 0 aliphatic carbocycles. The van der Waals surface area contributed by atoms with Crippen molar-refractivity contribution in [3.8, 4) is 11.5 Å². The van der Waals surface area contributed by atoms with Crippen LogP contribution in [0.15, 0.2) is 79.0 Å². The minimum atomic E-state index is 0.567. The van der Waals surface area contributed by atoms with Crippen molar-refractivity contribution in [2.75, 3.05) is 86.8 Å². The molecule has 0 radical (unpaired) electrons. The first-order chi connectivity index (χ1) is 21.2. The lowest BCUT2D eigenvalue weighted by molar-refractivity contribution is 0.122. The smallest absolute Gasteiger partial charge is 0.232 e. The van der Waals surface area contributed by atoms with Crippen molar-refractivity contribution in [2.24, 2.45) is 0 Å². The first-order valence-electron chi connectivity index (χ1n) is 14.6. The van der Waals surface area contributed by atoms with Crippen molar-refractivity contribution in [1.29, 1.82) is 0 Å². The number of nitrogens with one attached hydrogen (secondary N) is 1. The summed E-state index contributed by atoms with van der Waals surface area (Å²) in [5.41, 5.74) is 5.27. The Hall–Kier alpha value is -4.54. The Morgan fingerprint density at radius 1 is 0.791 bits per heavy atom. The normalized spacial score (nSPS) is 15.2. The van der Waals surface area contributed by atoms with Crippen molar-refractivity contribution < 1.29 is 18.9 Å². The molecule has 3 heterocycles. The summed E-state index contributed by atoms with van der Waals surface area (Å²) in [6.07, 6.45) is 1.79. The Morgan fingerprint density at radius 2 is 1.44 bits per heavy atom. The van der Waals surface area contributed by atoms with Gasteiger partial charge in [-0.2, -0.15) is 4.98 Å². The van der Waals surface area contributed by atoms with Crippen LogP contribution in [0.25, 0.3) is 0 Å². The van der Waals surface area contributed by atoms with Gasteiger partial charge in [-0.1, -0.05) is 24.3 Å². The Balaban J connectivity index is 1.41. The number of anilines is 6. The highest BCUT2D eigenvalue weighted by Crippen LogP contribution is 2.35. The summed E-state index contributed by atoms with van der Waals surface area (Å²) in [7, 11) is 3.34. The summed E-state index contributed by atoms with van der Waals surface area (Å²) >= 11 is 0. The standard InChI is InChI=1S/C33H38N6O4/c1-40-29-9-7-25(8-10-29)24-39(33-34-12-11-32(36-33)35-30-5-3-4-6-31(30)41-2)28-22-26(37-13-17-42-18-14-37)21-27(23-28)38-15-19-43-20-16-38/h3-12,21-23H,13-20,24H2,1-2H3,(H,34,35,36). The zero-order valence-corrected chi connectivity index (χ0v) is 24.7. The Labute approximate surface area is 252 Å². The lowest BCUT2D eigenvalue weighted by Gasteiger charge is -2.34. The van der Waals surface area contributed by atoms with Gasteiger partial charge in [-0.05, 0) is 54.1 Å². The van der Waals surface area contributed by atoms with Crippen molar-refractivity contribution >= 4 is 34.5 Å². The largest absolute Gasteiger partial charge is 0.497 e. The highest BCUT2D eigenvalue weighted by Gasteiger charge is 2.21. The number of nitrogens with zero attached hydrogens (tertiary/aromatic N) is 5. The van der Waals surface area contributed by atoms with Gasteiger partial charge in [0.15, 0.2) is 0 Å². The number of morpholine rings is 2. The molecule has 2 saturated heterocycles. The lowest BCUT2D eigenvalue weighted by atomic mass is 10.1. The topological polar surface area (TPSA) is 84.5 Å². The molecule has 0 spiro atoms. The molecule has 0 atom stereocenters. The maximum atomic E-state index is 5.67. The number of hydrogen-bond donors (Lipinski definition) is 1. The van der Waals surface area contributed by atoms with Crippen molar-refractivity contribution in [1.82, 2.24) is 9.97 Å². The summed E-state index contributed by atoms with van der Waals surface area (Å²) in [6.45, 7) is 6.81. The van der Waals surface area contributed by atoms with Crippen molar-refractivity contribution in [3.05, 3.63) is 84.6 Å². The molecule has 10 nitrogen and oxygen atoms in total. The maximum Gasteiger partial charge on any atom is 0.232 e. The molecule has 224 valence electrons. The summed E-state index contributed by atoms with van der Waals surface area (Å²) in [5, 5.41) is 3.41. The maximum absolute atomic E-state index is 5.67. The van der Waals surface area contributed by atoms with E-state index in [4.69, 9.17) is 28.9 Å². The van der Waals surface area contributed by atoms with E-state index in [9.17, 15) is 0 Å². The van der Waals surface area contributed by atoms with Crippen LogP contribution in [-0.4, -0.2) is 76.8 Å². The van der Waals surface area contributed by atoms with E-state index in [0.29, 0.717) is 44.7 Å². The average Bonchev–Trinajstić information content (AvgIpc) is 3.08. The van der Waals surface area contributed by atoms with E-state index < -0.39 is 0 Å². The molecule has 0 saturated carbocycles. The second-order valence-corrected chi connectivity index (χ2v) is 10.4. The van der Waals surface area contributed by atoms with Gasteiger partial charge in [0, 0.05) is 49.4 Å². The third kappa shape index (κ3) is 6.93.